The summed E-state index contributed by atoms with van der Waals surface area (Å²) in [5.74, 6) is -2.98. The van der Waals surface area contributed by atoms with Crippen LogP contribution in [0.25, 0.3) is 0 Å². The van der Waals surface area contributed by atoms with E-state index in [0.29, 0.717) is 11.8 Å². The third-order valence-corrected chi connectivity index (χ3v) is 3.04. The molecular weight excluding hydrogens is 276 g/mol. The molecule has 0 saturated heterocycles. The van der Waals surface area contributed by atoms with Gasteiger partial charge in [-0.05, 0) is 30.3 Å². The SMILES string of the molecule is COc1ccc(C(=O)C(C#N)c2ccc(F)cc2F)cc1. The summed E-state index contributed by atoms with van der Waals surface area (Å²) in [7, 11) is 1.49. The second kappa shape index (κ2) is 6.14. The summed E-state index contributed by atoms with van der Waals surface area (Å²) >= 11 is 0. The Morgan fingerprint density at radius 3 is 2.38 bits per heavy atom. The van der Waals surface area contributed by atoms with Gasteiger partial charge in [0.1, 0.15) is 23.3 Å². The molecule has 2 aromatic carbocycles. The van der Waals surface area contributed by atoms with Gasteiger partial charge in [0, 0.05) is 17.2 Å². The molecule has 0 fully saturated rings. The Morgan fingerprint density at radius 2 is 1.86 bits per heavy atom. The van der Waals surface area contributed by atoms with Crippen molar-refractivity contribution in [2.24, 2.45) is 0 Å². The number of hydrogen-bond acceptors (Lipinski definition) is 3. The quantitative estimate of drug-likeness (QED) is 0.809. The summed E-state index contributed by atoms with van der Waals surface area (Å²) in [5.41, 5.74) is 0.116. The summed E-state index contributed by atoms with van der Waals surface area (Å²) in [6, 6.07) is 10.7. The minimum absolute atomic E-state index is 0.139. The van der Waals surface area contributed by atoms with Gasteiger partial charge in [0.25, 0.3) is 0 Å². The van der Waals surface area contributed by atoms with Crippen molar-refractivity contribution in [2.45, 2.75) is 5.92 Å². The fourth-order valence-electron chi connectivity index (χ4n) is 1.93. The lowest BCUT2D eigenvalue weighted by molar-refractivity contribution is 0.0977. The van der Waals surface area contributed by atoms with Crippen molar-refractivity contribution in [1.29, 1.82) is 5.26 Å². The molecule has 2 rings (SSSR count). The minimum atomic E-state index is -1.32. The summed E-state index contributed by atoms with van der Waals surface area (Å²) in [6.45, 7) is 0. The van der Waals surface area contributed by atoms with Crippen LogP contribution in [-0.2, 0) is 0 Å². The number of hydrogen-bond donors (Lipinski definition) is 0. The highest BCUT2D eigenvalue weighted by Gasteiger charge is 2.25. The van der Waals surface area contributed by atoms with E-state index < -0.39 is 23.3 Å². The van der Waals surface area contributed by atoms with E-state index >= 15 is 0 Å². The minimum Gasteiger partial charge on any atom is -0.497 e. The molecule has 0 aliphatic rings. The van der Waals surface area contributed by atoms with Gasteiger partial charge in [0.05, 0.1) is 13.2 Å². The molecular formula is C16H11F2NO2. The molecule has 0 aromatic heterocycles. The van der Waals surface area contributed by atoms with Crippen molar-refractivity contribution < 1.29 is 18.3 Å². The Hall–Kier alpha value is -2.74. The highest BCUT2D eigenvalue weighted by Crippen LogP contribution is 2.24. The number of rotatable bonds is 4. The van der Waals surface area contributed by atoms with E-state index in [2.05, 4.69) is 0 Å². The number of carbonyl (C=O) groups is 1. The van der Waals surface area contributed by atoms with Gasteiger partial charge in [-0.3, -0.25) is 4.79 Å². The van der Waals surface area contributed by atoms with E-state index in [1.165, 1.54) is 19.2 Å². The normalized spacial score (nSPS) is 11.5. The second-order valence-corrected chi connectivity index (χ2v) is 4.32. The molecule has 1 unspecified atom stereocenters. The zero-order valence-corrected chi connectivity index (χ0v) is 11.1. The third-order valence-electron chi connectivity index (χ3n) is 3.04. The first-order valence-electron chi connectivity index (χ1n) is 6.09. The molecule has 0 heterocycles. The van der Waals surface area contributed by atoms with Gasteiger partial charge in [-0.25, -0.2) is 8.78 Å². The zero-order chi connectivity index (χ0) is 15.4. The van der Waals surface area contributed by atoms with Crippen molar-refractivity contribution in [3.05, 3.63) is 65.2 Å². The molecule has 0 radical (unpaired) electrons. The van der Waals surface area contributed by atoms with Crippen molar-refractivity contribution in [3.8, 4) is 11.8 Å². The first-order valence-corrected chi connectivity index (χ1v) is 6.09. The van der Waals surface area contributed by atoms with E-state index in [1.807, 2.05) is 0 Å². The average Bonchev–Trinajstić information content (AvgIpc) is 2.50. The van der Waals surface area contributed by atoms with Crippen molar-refractivity contribution in [3.63, 3.8) is 0 Å². The molecule has 106 valence electrons. The maximum atomic E-state index is 13.7. The summed E-state index contributed by atoms with van der Waals surface area (Å²) < 4.78 is 31.6. The van der Waals surface area contributed by atoms with Crippen LogP contribution < -0.4 is 4.74 Å². The van der Waals surface area contributed by atoms with Crippen LogP contribution in [0.2, 0.25) is 0 Å². The molecule has 3 nitrogen and oxygen atoms in total. The highest BCUT2D eigenvalue weighted by atomic mass is 19.1. The predicted molar refractivity (Wildman–Crippen MR) is 72.0 cm³/mol. The number of Topliss-reactive ketones (excluding diaryl/α,β-unsaturated/α-hetero) is 1. The fraction of sp³-hybridized carbons (Fsp3) is 0.125. The maximum absolute atomic E-state index is 13.7. The Bertz CT molecular complexity index is 705. The smallest absolute Gasteiger partial charge is 0.184 e. The van der Waals surface area contributed by atoms with Crippen LogP contribution in [0.1, 0.15) is 21.8 Å². The third kappa shape index (κ3) is 3.06. The number of carbonyl (C=O) groups excluding carboxylic acids is 1. The van der Waals surface area contributed by atoms with Crippen LogP contribution in [0.3, 0.4) is 0 Å². The molecule has 21 heavy (non-hydrogen) atoms. The number of nitriles is 1. The molecule has 5 heteroatoms. The van der Waals surface area contributed by atoms with Crippen LogP contribution in [0.4, 0.5) is 8.78 Å². The van der Waals surface area contributed by atoms with E-state index in [0.717, 1.165) is 12.1 Å². The Labute approximate surface area is 120 Å². The molecule has 0 N–H and O–H groups in total. The van der Waals surface area contributed by atoms with Crippen molar-refractivity contribution in [1.82, 2.24) is 0 Å². The molecule has 0 aliphatic heterocycles. The van der Waals surface area contributed by atoms with E-state index in [9.17, 15) is 13.6 Å². The molecule has 0 aliphatic carbocycles. The molecule has 0 bridgehead atoms. The number of ketones is 1. The van der Waals surface area contributed by atoms with Gasteiger partial charge < -0.3 is 4.74 Å². The van der Waals surface area contributed by atoms with Gasteiger partial charge in [0.15, 0.2) is 5.78 Å². The highest BCUT2D eigenvalue weighted by molar-refractivity contribution is 6.02. The van der Waals surface area contributed by atoms with Crippen molar-refractivity contribution >= 4 is 5.78 Å². The number of halogens is 2. The van der Waals surface area contributed by atoms with Gasteiger partial charge in [-0.1, -0.05) is 6.07 Å². The van der Waals surface area contributed by atoms with Crippen molar-refractivity contribution in [2.75, 3.05) is 7.11 Å². The van der Waals surface area contributed by atoms with Crippen LogP contribution in [0.5, 0.6) is 5.75 Å². The van der Waals surface area contributed by atoms with E-state index in [-0.39, 0.29) is 11.1 Å². The Balaban J connectivity index is 2.36. The van der Waals surface area contributed by atoms with Crippen LogP contribution in [-0.4, -0.2) is 12.9 Å². The topological polar surface area (TPSA) is 50.1 Å². The number of benzene rings is 2. The van der Waals surface area contributed by atoms with Gasteiger partial charge >= 0.3 is 0 Å². The first kappa shape index (κ1) is 14.7. The largest absolute Gasteiger partial charge is 0.497 e. The standard InChI is InChI=1S/C16H11F2NO2/c1-21-12-5-2-10(3-6-12)16(20)14(9-19)13-7-4-11(17)8-15(13)18/h2-8,14H,1H3. The Morgan fingerprint density at radius 1 is 1.19 bits per heavy atom. The molecule has 0 spiro atoms. The summed E-state index contributed by atoms with van der Waals surface area (Å²) in [6.07, 6.45) is 0. The van der Waals surface area contributed by atoms with Gasteiger partial charge in [-0.2, -0.15) is 5.26 Å². The monoisotopic (exact) mass is 287 g/mol. The number of nitrogens with zero attached hydrogens (tertiary/aromatic N) is 1. The van der Waals surface area contributed by atoms with Gasteiger partial charge in [-0.15, -0.1) is 0 Å². The maximum Gasteiger partial charge on any atom is 0.184 e. The fourth-order valence-corrected chi connectivity index (χ4v) is 1.93. The molecule has 0 amide bonds. The average molecular weight is 287 g/mol. The number of methoxy groups -OCH3 is 1. The van der Waals surface area contributed by atoms with E-state index in [4.69, 9.17) is 10.00 Å². The summed E-state index contributed by atoms with van der Waals surface area (Å²) in [4.78, 5) is 12.3. The summed E-state index contributed by atoms with van der Waals surface area (Å²) in [5, 5.41) is 9.15. The molecule has 0 saturated carbocycles. The Kier molecular flexibility index (Phi) is 4.29. The van der Waals surface area contributed by atoms with Crippen LogP contribution >= 0.6 is 0 Å². The first-order chi connectivity index (χ1) is 10.1. The second-order valence-electron chi connectivity index (χ2n) is 4.32. The molecule has 1 atom stereocenters. The van der Waals surface area contributed by atoms with Gasteiger partial charge in [0.2, 0.25) is 0 Å². The predicted octanol–water partition coefficient (Wildman–Crippen LogP) is 3.46. The number of ether oxygens (including phenoxy) is 1. The molecule has 2 aromatic rings. The van der Waals surface area contributed by atoms with Crippen LogP contribution in [0, 0.1) is 23.0 Å². The lowest BCUT2D eigenvalue weighted by Crippen LogP contribution is -2.13. The lowest BCUT2D eigenvalue weighted by atomic mass is 9.91. The zero-order valence-electron chi connectivity index (χ0n) is 11.1. The lowest BCUT2D eigenvalue weighted by Gasteiger charge is -2.10. The van der Waals surface area contributed by atoms with Crippen LogP contribution in [0.15, 0.2) is 42.5 Å². The van der Waals surface area contributed by atoms with E-state index in [1.54, 1.807) is 18.2 Å².